The maximum absolute atomic E-state index is 11.0. The van der Waals surface area contributed by atoms with E-state index in [9.17, 15) is 4.79 Å². The fourth-order valence-electron chi connectivity index (χ4n) is 2.25. The molecule has 6 heteroatoms. The molecule has 24 heavy (non-hydrogen) atoms. The van der Waals surface area contributed by atoms with Crippen molar-refractivity contribution in [2.24, 2.45) is 0 Å². The quantitative estimate of drug-likeness (QED) is 0.851. The van der Waals surface area contributed by atoms with Gasteiger partial charge in [0.25, 0.3) is 0 Å². The van der Waals surface area contributed by atoms with Gasteiger partial charge in [0.15, 0.2) is 0 Å². The zero-order valence-corrected chi connectivity index (χ0v) is 14.8. The minimum atomic E-state index is -0.874. The number of nitrogens with one attached hydrogen (secondary N) is 1. The SMILES string of the molecule is COc1cccc(-c2nn(C(C)(C)C)cc2CNC(C)C(=O)O)c1. The molecule has 2 rings (SSSR count). The van der Waals surface area contributed by atoms with E-state index in [1.54, 1.807) is 14.0 Å². The van der Waals surface area contributed by atoms with Gasteiger partial charge >= 0.3 is 5.97 Å². The fourth-order valence-corrected chi connectivity index (χ4v) is 2.25. The van der Waals surface area contributed by atoms with E-state index >= 15 is 0 Å². The highest BCUT2D eigenvalue weighted by atomic mass is 16.5. The number of carboxylic acid groups (broad SMARTS) is 1. The zero-order valence-electron chi connectivity index (χ0n) is 14.8. The van der Waals surface area contributed by atoms with Crippen molar-refractivity contribution < 1.29 is 14.6 Å². The molecule has 0 fully saturated rings. The topological polar surface area (TPSA) is 76.4 Å². The first-order valence-corrected chi connectivity index (χ1v) is 7.92. The second kappa shape index (κ2) is 7.05. The van der Waals surface area contributed by atoms with Gasteiger partial charge in [-0.3, -0.25) is 9.48 Å². The molecule has 0 spiro atoms. The number of hydrogen-bond acceptors (Lipinski definition) is 4. The van der Waals surface area contributed by atoms with Gasteiger partial charge in [0.1, 0.15) is 11.8 Å². The summed E-state index contributed by atoms with van der Waals surface area (Å²) in [6.45, 7) is 8.28. The highest BCUT2D eigenvalue weighted by Gasteiger charge is 2.20. The van der Waals surface area contributed by atoms with E-state index in [-0.39, 0.29) is 5.54 Å². The van der Waals surface area contributed by atoms with Crippen molar-refractivity contribution in [2.75, 3.05) is 7.11 Å². The van der Waals surface area contributed by atoms with E-state index in [1.165, 1.54) is 0 Å². The van der Waals surface area contributed by atoms with Crippen LogP contribution in [-0.4, -0.2) is 34.0 Å². The normalized spacial score (nSPS) is 12.9. The second-order valence-electron chi connectivity index (χ2n) is 6.79. The molecule has 130 valence electrons. The molecule has 1 aromatic heterocycles. The maximum Gasteiger partial charge on any atom is 0.320 e. The third-order valence-corrected chi connectivity index (χ3v) is 3.79. The van der Waals surface area contributed by atoms with Gasteiger partial charge in [-0.25, -0.2) is 0 Å². The summed E-state index contributed by atoms with van der Waals surface area (Å²) < 4.78 is 7.20. The molecule has 1 unspecified atom stereocenters. The van der Waals surface area contributed by atoms with Crippen LogP contribution in [0, 0.1) is 0 Å². The van der Waals surface area contributed by atoms with Crippen LogP contribution in [0.15, 0.2) is 30.5 Å². The summed E-state index contributed by atoms with van der Waals surface area (Å²) >= 11 is 0. The molecule has 0 aliphatic rings. The molecule has 0 amide bonds. The van der Waals surface area contributed by atoms with E-state index in [1.807, 2.05) is 35.1 Å². The molecule has 0 aliphatic heterocycles. The van der Waals surface area contributed by atoms with Gasteiger partial charge in [-0.05, 0) is 39.8 Å². The maximum atomic E-state index is 11.0. The Hall–Kier alpha value is -2.34. The number of methoxy groups -OCH3 is 1. The predicted molar refractivity (Wildman–Crippen MR) is 93.1 cm³/mol. The van der Waals surface area contributed by atoms with Crippen LogP contribution >= 0.6 is 0 Å². The number of nitrogens with zero attached hydrogens (tertiary/aromatic N) is 2. The van der Waals surface area contributed by atoms with Crippen LogP contribution < -0.4 is 10.1 Å². The Balaban J connectivity index is 2.40. The fraction of sp³-hybridized carbons (Fsp3) is 0.444. The largest absolute Gasteiger partial charge is 0.497 e. The monoisotopic (exact) mass is 331 g/mol. The first-order valence-electron chi connectivity index (χ1n) is 7.92. The van der Waals surface area contributed by atoms with Crippen molar-refractivity contribution in [3.8, 4) is 17.0 Å². The van der Waals surface area contributed by atoms with Crippen LogP contribution in [0.4, 0.5) is 0 Å². The Kier molecular flexibility index (Phi) is 5.29. The van der Waals surface area contributed by atoms with Gasteiger partial charge in [-0.15, -0.1) is 0 Å². The third kappa shape index (κ3) is 4.14. The van der Waals surface area contributed by atoms with E-state index in [0.717, 1.165) is 22.6 Å². The highest BCUT2D eigenvalue weighted by Crippen LogP contribution is 2.28. The molecule has 0 saturated carbocycles. The summed E-state index contributed by atoms with van der Waals surface area (Å²) in [5, 5.41) is 16.8. The average molecular weight is 331 g/mol. The summed E-state index contributed by atoms with van der Waals surface area (Å²) in [4.78, 5) is 11.0. The van der Waals surface area contributed by atoms with Crippen LogP contribution in [0.1, 0.15) is 33.3 Å². The van der Waals surface area contributed by atoms with Crippen molar-refractivity contribution in [3.05, 3.63) is 36.0 Å². The van der Waals surface area contributed by atoms with E-state index in [2.05, 4.69) is 26.1 Å². The summed E-state index contributed by atoms with van der Waals surface area (Å²) in [5.74, 6) is -0.114. The van der Waals surface area contributed by atoms with Crippen molar-refractivity contribution in [1.82, 2.24) is 15.1 Å². The van der Waals surface area contributed by atoms with Crippen LogP contribution in [0.5, 0.6) is 5.75 Å². The van der Waals surface area contributed by atoms with E-state index in [0.29, 0.717) is 6.54 Å². The van der Waals surface area contributed by atoms with Crippen LogP contribution in [0.2, 0.25) is 0 Å². The molecule has 1 atom stereocenters. The molecule has 1 aromatic carbocycles. The highest BCUT2D eigenvalue weighted by molar-refractivity contribution is 5.73. The minimum absolute atomic E-state index is 0.162. The number of ether oxygens (including phenoxy) is 1. The summed E-state index contributed by atoms with van der Waals surface area (Å²) in [5.41, 5.74) is 2.56. The Labute approximate surface area is 142 Å². The lowest BCUT2D eigenvalue weighted by Gasteiger charge is -2.18. The first kappa shape index (κ1) is 18.0. The first-order chi connectivity index (χ1) is 11.2. The van der Waals surface area contributed by atoms with Crippen LogP contribution in [-0.2, 0) is 16.9 Å². The van der Waals surface area contributed by atoms with Gasteiger partial charge in [0.2, 0.25) is 0 Å². The predicted octanol–water partition coefficient (Wildman–Crippen LogP) is 2.88. The lowest BCUT2D eigenvalue weighted by molar-refractivity contribution is -0.139. The Morgan fingerprint density at radius 1 is 1.42 bits per heavy atom. The lowest BCUT2D eigenvalue weighted by atomic mass is 10.1. The minimum Gasteiger partial charge on any atom is -0.497 e. The smallest absolute Gasteiger partial charge is 0.320 e. The zero-order chi connectivity index (χ0) is 17.9. The van der Waals surface area contributed by atoms with E-state index in [4.69, 9.17) is 14.9 Å². The lowest BCUT2D eigenvalue weighted by Crippen LogP contribution is -2.33. The second-order valence-corrected chi connectivity index (χ2v) is 6.79. The number of aliphatic carboxylic acids is 1. The van der Waals surface area contributed by atoms with Gasteiger partial charge in [0.05, 0.1) is 18.3 Å². The van der Waals surface area contributed by atoms with E-state index < -0.39 is 12.0 Å². The molecule has 6 nitrogen and oxygen atoms in total. The molecular formula is C18H25N3O3. The Bertz CT molecular complexity index is 717. The Morgan fingerprint density at radius 3 is 2.71 bits per heavy atom. The van der Waals surface area contributed by atoms with Crippen LogP contribution in [0.25, 0.3) is 11.3 Å². The molecule has 0 saturated heterocycles. The van der Waals surface area contributed by atoms with Crippen molar-refractivity contribution in [3.63, 3.8) is 0 Å². The average Bonchev–Trinajstić information content (AvgIpc) is 2.97. The third-order valence-electron chi connectivity index (χ3n) is 3.79. The van der Waals surface area contributed by atoms with Crippen molar-refractivity contribution >= 4 is 5.97 Å². The Morgan fingerprint density at radius 2 is 2.12 bits per heavy atom. The van der Waals surface area contributed by atoms with Gasteiger partial charge < -0.3 is 15.2 Å². The molecular weight excluding hydrogens is 306 g/mol. The van der Waals surface area contributed by atoms with Gasteiger partial charge in [-0.2, -0.15) is 5.10 Å². The molecule has 2 aromatic rings. The summed E-state index contributed by atoms with van der Waals surface area (Å²) in [6.07, 6.45) is 1.97. The molecule has 1 heterocycles. The molecule has 0 bridgehead atoms. The standard InChI is InChI=1S/C18H25N3O3/c1-12(17(22)23)19-10-14-11-21(18(2,3)4)20-16(14)13-7-6-8-15(9-13)24-5/h6-9,11-12,19H,10H2,1-5H3,(H,22,23). The summed E-state index contributed by atoms with van der Waals surface area (Å²) in [6, 6.07) is 7.08. The number of benzene rings is 1. The van der Waals surface area contributed by atoms with Crippen molar-refractivity contribution in [2.45, 2.75) is 45.8 Å². The van der Waals surface area contributed by atoms with Gasteiger partial charge in [-0.1, -0.05) is 12.1 Å². The van der Waals surface area contributed by atoms with Crippen LogP contribution in [0.3, 0.4) is 0 Å². The number of carbonyl (C=O) groups is 1. The number of hydrogen-bond donors (Lipinski definition) is 2. The molecule has 0 radical (unpaired) electrons. The number of aromatic nitrogens is 2. The molecule has 0 aliphatic carbocycles. The molecule has 2 N–H and O–H groups in total. The summed E-state index contributed by atoms with van der Waals surface area (Å²) in [7, 11) is 1.63. The number of rotatable bonds is 6. The number of carboxylic acids is 1. The van der Waals surface area contributed by atoms with Gasteiger partial charge in [0, 0.05) is 23.9 Å². The van der Waals surface area contributed by atoms with Crippen molar-refractivity contribution in [1.29, 1.82) is 0 Å².